The van der Waals surface area contributed by atoms with Crippen LogP contribution in [0.1, 0.15) is 5.56 Å². The van der Waals surface area contributed by atoms with Crippen LogP contribution in [0.4, 0.5) is 18.0 Å². The summed E-state index contributed by atoms with van der Waals surface area (Å²) in [4.78, 5) is 23.7. The molecular weight excluding hydrogens is 291 g/mol. The molecule has 0 aliphatic rings. The van der Waals surface area contributed by atoms with Crippen molar-refractivity contribution in [1.82, 2.24) is 4.90 Å². The number of methoxy groups -OCH3 is 1. The number of carbonyl (C=O) groups is 2. The van der Waals surface area contributed by atoms with Gasteiger partial charge >= 0.3 is 18.2 Å². The molecule has 21 heavy (non-hydrogen) atoms. The van der Waals surface area contributed by atoms with Gasteiger partial charge in [0.05, 0.1) is 7.11 Å². The second-order valence-corrected chi connectivity index (χ2v) is 4.09. The number of rotatable bonds is 5. The first kappa shape index (κ1) is 16.8. The predicted octanol–water partition coefficient (Wildman–Crippen LogP) is 2.36. The number of amides is 1. The van der Waals surface area contributed by atoms with Gasteiger partial charge in [0, 0.05) is 6.54 Å². The van der Waals surface area contributed by atoms with Crippen LogP contribution >= 0.6 is 0 Å². The summed E-state index contributed by atoms with van der Waals surface area (Å²) in [6.45, 7) is -2.27. The van der Waals surface area contributed by atoms with E-state index in [0.717, 1.165) is 12.0 Å². The molecule has 0 saturated carbocycles. The summed E-state index contributed by atoms with van der Waals surface area (Å²) in [5.41, 5.74) is 0.644. The molecule has 1 rings (SSSR count). The van der Waals surface area contributed by atoms with Crippen LogP contribution in [0.15, 0.2) is 30.3 Å². The van der Waals surface area contributed by atoms with Crippen molar-refractivity contribution in [2.75, 3.05) is 20.3 Å². The largest absolute Gasteiger partial charge is 0.468 e. The first-order chi connectivity index (χ1) is 9.81. The quantitative estimate of drug-likeness (QED) is 0.784. The third kappa shape index (κ3) is 6.64. The number of alkyl halides is 3. The molecule has 0 bridgehead atoms. The zero-order chi connectivity index (χ0) is 15.9. The lowest BCUT2D eigenvalue weighted by molar-refractivity contribution is -0.163. The van der Waals surface area contributed by atoms with Crippen molar-refractivity contribution in [3.05, 3.63) is 35.9 Å². The smallest absolute Gasteiger partial charge is 0.422 e. The van der Waals surface area contributed by atoms with Crippen LogP contribution in [0.2, 0.25) is 0 Å². The van der Waals surface area contributed by atoms with Gasteiger partial charge in [-0.15, -0.1) is 0 Å². The second kappa shape index (κ2) is 7.51. The molecule has 0 N–H and O–H groups in total. The van der Waals surface area contributed by atoms with Crippen LogP contribution in [-0.2, 0) is 20.8 Å². The molecule has 116 valence electrons. The average molecular weight is 305 g/mol. The van der Waals surface area contributed by atoms with E-state index < -0.39 is 31.4 Å². The van der Waals surface area contributed by atoms with E-state index in [0.29, 0.717) is 5.56 Å². The number of esters is 1. The molecule has 5 nitrogen and oxygen atoms in total. The summed E-state index contributed by atoms with van der Waals surface area (Å²) in [5, 5.41) is 0. The maximum Gasteiger partial charge on any atom is 0.422 e. The first-order valence-corrected chi connectivity index (χ1v) is 5.91. The minimum atomic E-state index is -4.63. The van der Waals surface area contributed by atoms with E-state index in [1.807, 2.05) is 0 Å². The van der Waals surface area contributed by atoms with Gasteiger partial charge < -0.3 is 9.47 Å². The predicted molar refractivity (Wildman–Crippen MR) is 66.3 cm³/mol. The van der Waals surface area contributed by atoms with Gasteiger partial charge in [0.1, 0.15) is 6.54 Å². The highest BCUT2D eigenvalue weighted by atomic mass is 19.4. The Labute approximate surface area is 119 Å². The molecule has 8 heteroatoms. The number of ether oxygens (including phenoxy) is 2. The van der Waals surface area contributed by atoms with E-state index in [2.05, 4.69) is 9.47 Å². The average Bonchev–Trinajstić information content (AvgIpc) is 2.44. The van der Waals surface area contributed by atoms with E-state index in [-0.39, 0.29) is 6.54 Å². The third-order valence-electron chi connectivity index (χ3n) is 2.38. The van der Waals surface area contributed by atoms with Gasteiger partial charge in [0.15, 0.2) is 6.61 Å². The molecule has 0 aliphatic carbocycles. The van der Waals surface area contributed by atoms with Crippen molar-refractivity contribution in [3.63, 3.8) is 0 Å². The number of halogens is 3. The summed E-state index contributed by atoms with van der Waals surface area (Å²) in [6, 6.07) is 8.48. The summed E-state index contributed by atoms with van der Waals surface area (Å²) >= 11 is 0. The van der Waals surface area contributed by atoms with Crippen molar-refractivity contribution in [3.8, 4) is 0 Å². The lowest BCUT2D eigenvalue weighted by Gasteiger charge is -2.21. The van der Waals surface area contributed by atoms with Crippen molar-refractivity contribution in [2.45, 2.75) is 12.7 Å². The van der Waals surface area contributed by atoms with E-state index in [9.17, 15) is 22.8 Å². The van der Waals surface area contributed by atoms with Crippen LogP contribution in [0, 0.1) is 0 Å². The van der Waals surface area contributed by atoms with Gasteiger partial charge in [-0.25, -0.2) is 4.79 Å². The van der Waals surface area contributed by atoms with Crippen LogP contribution in [0.5, 0.6) is 0 Å². The standard InChI is InChI=1S/C13H14F3NO4/c1-20-11(18)8-17(7-10-5-3-2-4-6-10)12(19)21-9-13(14,15)16/h2-6H,7-9H2,1H3. The van der Waals surface area contributed by atoms with Crippen molar-refractivity contribution < 1.29 is 32.2 Å². The maximum atomic E-state index is 12.0. The fourth-order valence-electron chi connectivity index (χ4n) is 1.44. The Balaban J connectivity index is 2.72. The molecule has 0 unspecified atom stereocenters. The SMILES string of the molecule is COC(=O)CN(Cc1ccccc1)C(=O)OCC(F)(F)F. The molecule has 0 radical (unpaired) electrons. The highest BCUT2D eigenvalue weighted by molar-refractivity contribution is 5.78. The van der Waals surface area contributed by atoms with Gasteiger partial charge in [0.25, 0.3) is 0 Å². The second-order valence-electron chi connectivity index (χ2n) is 4.09. The third-order valence-corrected chi connectivity index (χ3v) is 2.38. The number of benzene rings is 1. The monoisotopic (exact) mass is 305 g/mol. The van der Waals surface area contributed by atoms with Crippen molar-refractivity contribution in [1.29, 1.82) is 0 Å². The Morgan fingerprint density at radius 3 is 2.33 bits per heavy atom. The molecule has 0 fully saturated rings. The molecule has 0 atom stereocenters. The summed E-state index contributed by atoms with van der Waals surface area (Å²) in [6.07, 6.45) is -5.86. The molecule has 1 amide bonds. The molecular formula is C13H14F3NO4. The molecule has 1 aromatic rings. The van der Waals surface area contributed by atoms with Crippen molar-refractivity contribution >= 4 is 12.1 Å². The van der Waals surface area contributed by atoms with Gasteiger partial charge in [-0.1, -0.05) is 30.3 Å². The lowest BCUT2D eigenvalue weighted by atomic mass is 10.2. The summed E-state index contributed by atoms with van der Waals surface area (Å²) in [5.74, 6) is -0.755. The highest BCUT2D eigenvalue weighted by Gasteiger charge is 2.31. The van der Waals surface area contributed by atoms with Crippen LogP contribution < -0.4 is 0 Å². The Bertz CT molecular complexity index is 476. The first-order valence-electron chi connectivity index (χ1n) is 5.91. The minimum absolute atomic E-state index is 0.0629. The Morgan fingerprint density at radius 1 is 1.19 bits per heavy atom. The Kier molecular flexibility index (Phi) is 6.01. The fourth-order valence-corrected chi connectivity index (χ4v) is 1.44. The Morgan fingerprint density at radius 2 is 1.81 bits per heavy atom. The summed E-state index contributed by atoms with van der Waals surface area (Å²) in [7, 11) is 1.12. The van der Waals surface area contributed by atoms with Crippen LogP contribution in [-0.4, -0.2) is 43.4 Å². The summed E-state index contributed by atoms with van der Waals surface area (Å²) < 4.78 is 44.7. The number of hydrogen-bond donors (Lipinski definition) is 0. The fraction of sp³-hybridized carbons (Fsp3) is 0.385. The molecule has 1 aromatic carbocycles. The number of nitrogens with zero attached hydrogens (tertiary/aromatic N) is 1. The molecule has 0 aromatic heterocycles. The van der Waals surface area contributed by atoms with Crippen LogP contribution in [0.3, 0.4) is 0 Å². The van der Waals surface area contributed by atoms with Gasteiger partial charge in [-0.2, -0.15) is 13.2 Å². The maximum absolute atomic E-state index is 12.0. The van der Waals surface area contributed by atoms with E-state index in [1.165, 1.54) is 0 Å². The molecule has 0 spiro atoms. The number of carbonyl (C=O) groups excluding carboxylic acids is 2. The van der Waals surface area contributed by atoms with Crippen molar-refractivity contribution in [2.24, 2.45) is 0 Å². The topological polar surface area (TPSA) is 55.8 Å². The molecule has 0 aliphatic heterocycles. The zero-order valence-corrected chi connectivity index (χ0v) is 11.2. The normalized spacial score (nSPS) is 10.9. The molecule has 0 saturated heterocycles. The number of hydrogen-bond acceptors (Lipinski definition) is 4. The lowest BCUT2D eigenvalue weighted by Crippen LogP contribution is -2.37. The van der Waals surface area contributed by atoms with Crippen LogP contribution in [0.25, 0.3) is 0 Å². The highest BCUT2D eigenvalue weighted by Crippen LogP contribution is 2.15. The van der Waals surface area contributed by atoms with E-state index >= 15 is 0 Å². The van der Waals surface area contributed by atoms with Gasteiger partial charge in [-0.3, -0.25) is 9.69 Å². The minimum Gasteiger partial charge on any atom is -0.468 e. The van der Waals surface area contributed by atoms with E-state index in [4.69, 9.17) is 0 Å². The zero-order valence-electron chi connectivity index (χ0n) is 11.2. The van der Waals surface area contributed by atoms with E-state index in [1.54, 1.807) is 30.3 Å². The molecule has 0 heterocycles. The van der Waals surface area contributed by atoms with Gasteiger partial charge in [-0.05, 0) is 5.56 Å². The Hall–Kier alpha value is -2.25. The van der Waals surface area contributed by atoms with Gasteiger partial charge in [0.2, 0.25) is 0 Å².